The van der Waals surface area contributed by atoms with Crippen molar-refractivity contribution in [2.24, 2.45) is 0 Å². The van der Waals surface area contributed by atoms with E-state index < -0.39 is 0 Å². The maximum Gasteiger partial charge on any atom is 0.238 e. The third-order valence-electron chi connectivity index (χ3n) is 2.85. The van der Waals surface area contributed by atoms with Crippen LogP contribution >= 0.6 is 0 Å². The van der Waals surface area contributed by atoms with Crippen LogP contribution in [0.3, 0.4) is 0 Å². The third kappa shape index (κ3) is 2.03. The van der Waals surface area contributed by atoms with Crippen molar-refractivity contribution in [3.63, 3.8) is 0 Å². The summed E-state index contributed by atoms with van der Waals surface area (Å²) in [6.07, 6.45) is 6.15. The van der Waals surface area contributed by atoms with Gasteiger partial charge >= 0.3 is 0 Å². The molecular formula is C13H18N2O. The van der Waals surface area contributed by atoms with Crippen LogP contribution in [0.4, 0.5) is 5.69 Å². The molecule has 2 rings (SSSR count). The Labute approximate surface area is 96.7 Å². The van der Waals surface area contributed by atoms with E-state index in [9.17, 15) is 0 Å². The summed E-state index contributed by atoms with van der Waals surface area (Å²) >= 11 is 0. The molecule has 1 aromatic heterocycles. The summed E-state index contributed by atoms with van der Waals surface area (Å²) in [5.74, 6) is 0.738. The van der Waals surface area contributed by atoms with Crippen LogP contribution in [0, 0.1) is 0 Å². The van der Waals surface area contributed by atoms with E-state index in [1.54, 1.807) is 6.20 Å². The van der Waals surface area contributed by atoms with Crippen molar-refractivity contribution in [1.29, 1.82) is 0 Å². The normalized spacial score (nSPS) is 15.2. The Morgan fingerprint density at radius 3 is 2.88 bits per heavy atom. The Morgan fingerprint density at radius 1 is 1.50 bits per heavy atom. The molecule has 0 aliphatic carbocycles. The molecule has 1 saturated heterocycles. The number of anilines is 1. The fourth-order valence-corrected chi connectivity index (χ4v) is 2.11. The molecule has 0 N–H and O–H groups in total. The first kappa shape index (κ1) is 11.0. The molecule has 1 fully saturated rings. The van der Waals surface area contributed by atoms with Crippen molar-refractivity contribution < 1.29 is 4.74 Å². The second-order valence-electron chi connectivity index (χ2n) is 3.89. The third-order valence-corrected chi connectivity index (χ3v) is 2.85. The van der Waals surface area contributed by atoms with Crippen LogP contribution < -0.4 is 9.64 Å². The maximum atomic E-state index is 5.59. The van der Waals surface area contributed by atoms with E-state index in [1.807, 2.05) is 19.1 Å². The number of pyridine rings is 1. The van der Waals surface area contributed by atoms with Gasteiger partial charge in [0.2, 0.25) is 5.88 Å². The van der Waals surface area contributed by atoms with E-state index in [0.717, 1.165) is 30.2 Å². The minimum Gasteiger partial charge on any atom is -0.476 e. The molecular weight excluding hydrogens is 200 g/mol. The molecule has 1 aromatic rings. The molecule has 0 spiro atoms. The van der Waals surface area contributed by atoms with Crippen molar-refractivity contribution in [3.05, 3.63) is 24.4 Å². The number of rotatable bonds is 4. The number of aromatic nitrogens is 1. The van der Waals surface area contributed by atoms with E-state index in [2.05, 4.69) is 16.5 Å². The molecule has 0 atom stereocenters. The summed E-state index contributed by atoms with van der Waals surface area (Å²) in [6, 6.07) is 1.99. The van der Waals surface area contributed by atoms with Crippen molar-refractivity contribution in [3.8, 4) is 5.88 Å². The zero-order valence-corrected chi connectivity index (χ0v) is 9.78. The van der Waals surface area contributed by atoms with Gasteiger partial charge < -0.3 is 9.64 Å². The Hall–Kier alpha value is -1.51. The SMILES string of the molecule is C=Cc1ccnc(OCC)c1N1CCCC1. The molecule has 0 radical (unpaired) electrons. The van der Waals surface area contributed by atoms with Gasteiger partial charge in [-0.25, -0.2) is 4.98 Å². The van der Waals surface area contributed by atoms with E-state index in [-0.39, 0.29) is 0 Å². The Bertz CT molecular complexity index is 370. The molecule has 1 aliphatic rings. The molecule has 16 heavy (non-hydrogen) atoms. The molecule has 3 heteroatoms. The van der Waals surface area contributed by atoms with Gasteiger partial charge in [0, 0.05) is 24.8 Å². The fourth-order valence-electron chi connectivity index (χ4n) is 2.11. The standard InChI is InChI=1S/C13H18N2O/c1-3-11-7-8-14-13(16-4-2)12(11)15-9-5-6-10-15/h3,7-8H,1,4-6,9-10H2,2H3. The van der Waals surface area contributed by atoms with Crippen molar-refractivity contribution >= 4 is 11.8 Å². The van der Waals surface area contributed by atoms with Crippen LogP contribution in [0.25, 0.3) is 6.08 Å². The molecule has 0 aromatic carbocycles. The average Bonchev–Trinajstić information content (AvgIpc) is 2.82. The summed E-state index contributed by atoms with van der Waals surface area (Å²) < 4.78 is 5.59. The summed E-state index contributed by atoms with van der Waals surface area (Å²) in [5.41, 5.74) is 2.22. The van der Waals surface area contributed by atoms with Gasteiger partial charge in [-0.3, -0.25) is 0 Å². The van der Waals surface area contributed by atoms with Crippen LogP contribution in [-0.2, 0) is 0 Å². The predicted molar refractivity (Wildman–Crippen MR) is 66.9 cm³/mol. The monoisotopic (exact) mass is 218 g/mol. The van der Waals surface area contributed by atoms with Gasteiger partial charge in [-0.15, -0.1) is 0 Å². The van der Waals surface area contributed by atoms with Crippen LogP contribution in [0.5, 0.6) is 5.88 Å². The lowest BCUT2D eigenvalue weighted by atomic mass is 10.2. The van der Waals surface area contributed by atoms with Gasteiger partial charge in [-0.2, -0.15) is 0 Å². The maximum absolute atomic E-state index is 5.59. The molecule has 1 aliphatic heterocycles. The fraction of sp³-hybridized carbons (Fsp3) is 0.462. The molecule has 0 amide bonds. The number of nitrogens with zero attached hydrogens (tertiary/aromatic N) is 2. The summed E-state index contributed by atoms with van der Waals surface area (Å²) in [4.78, 5) is 6.65. The molecule has 86 valence electrons. The molecule has 2 heterocycles. The number of hydrogen-bond acceptors (Lipinski definition) is 3. The molecule has 0 saturated carbocycles. The van der Waals surface area contributed by atoms with Gasteiger partial charge in [0.05, 0.1) is 6.61 Å². The van der Waals surface area contributed by atoms with Crippen LogP contribution in [0.15, 0.2) is 18.8 Å². The number of ether oxygens (including phenoxy) is 1. The Balaban J connectivity index is 2.39. The van der Waals surface area contributed by atoms with Gasteiger partial charge in [-0.05, 0) is 25.8 Å². The van der Waals surface area contributed by atoms with Crippen molar-refractivity contribution in [2.75, 3.05) is 24.6 Å². The highest BCUT2D eigenvalue weighted by Crippen LogP contribution is 2.33. The second kappa shape index (κ2) is 5.01. The number of hydrogen-bond donors (Lipinski definition) is 0. The minimum absolute atomic E-state index is 0.647. The summed E-state index contributed by atoms with van der Waals surface area (Å²) in [6.45, 7) is 8.66. The minimum atomic E-state index is 0.647. The summed E-state index contributed by atoms with van der Waals surface area (Å²) in [5, 5.41) is 0. The van der Waals surface area contributed by atoms with E-state index in [4.69, 9.17) is 4.74 Å². The first-order valence-corrected chi connectivity index (χ1v) is 5.86. The van der Waals surface area contributed by atoms with E-state index in [1.165, 1.54) is 12.8 Å². The zero-order valence-electron chi connectivity index (χ0n) is 9.78. The van der Waals surface area contributed by atoms with Crippen molar-refractivity contribution in [2.45, 2.75) is 19.8 Å². The van der Waals surface area contributed by atoms with Gasteiger partial charge in [0.1, 0.15) is 5.69 Å². The Kier molecular flexibility index (Phi) is 3.44. The largest absolute Gasteiger partial charge is 0.476 e. The molecule has 3 nitrogen and oxygen atoms in total. The first-order chi connectivity index (χ1) is 7.86. The lowest BCUT2D eigenvalue weighted by molar-refractivity contribution is 0.327. The lowest BCUT2D eigenvalue weighted by Gasteiger charge is -2.22. The highest BCUT2D eigenvalue weighted by molar-refractivity contribution is 5.71. The highest BCUT2D eigenvalue weighted by atomic mass is 16.5. The predicted octanol–water partition coefficient (Wildman–Crippen LogP) is 2.72. The smallest absolute Gasteiger partial charge is 0.238 e. The van der Waals surface area contributed by atoms with Crippen molar-refractivity contribution in [1.82, 2.24) is 4.98 Å². The van der Waals surface area contributed by atoms with Crippen LogP contribution in [0.2, 0.25) is 0 Å². The quantitative estimate of drug-likeness (QED) is 0.777. The van der Waals surface area contributed by atoms with Crippen LogP contribution in [-0.4, -0.2) is 24.7 Å². The highest BCUT2D eigenvalue weighted by Gasteiger charge is 2.19. The van der Waals surface area contributed by atoms with Gasteiger partial charge in [0.15, 0.2) is 0 Å². The van der Waals surface area contributed by atoms with Crippen LogP contribution in [0.1, 0.15) is 25.3 Å². The molecule has 0 bridgehead atoms. The molecule has 0 unspecified atom stereocenters. The average molecular weight is 218 g/mol. The second-order valence-corrected chi connectivity index (χ2v) is 3.89. The van der Waals surface area contributed by atoms with Gasteiger partial charge in [0.25, 0.3) is 0 Å². The van der Waals surface area contributed by atoms with E-state index in [0.29, 0.717) is 6.61 Å². The first-order valence-electron chi connectivity index (χ1n) is 5.86. The van der Waals surface area contributed by atoms with Gasteiger partial charge in [-0.1, -0.05) is 12.7 Å². The summed E-state index contributed by atoms with van der Waals surface area (Å²) in [7, 11) is 0. The van der Waals surface area contributed by atoms with E-state index >= 15 is 0 Å². The lowest BCUT2D eigenvalue weighted by Crippen LogP contribution is -2.20. The Morgan fingerprint density at radius 2 is 2.25 bits per heavy atom. The zero-order chi connectivity index (χ0) is 11.4. The topological polar surface area (TPSA) is 25.4 Å².